The number of benzene rings is 3. The first-order chi connectivity index (χ1) is 10.4. The summed E-state index contributed by atoms with van der Waals surface area (Å²) in [7, 11) is 0. The Morgan fingerprint density at radius 3 is 2.41 bits per heavy atom. The fourth-order valence-electron chi connectivity index (χ4n) is 3.36. The summed E-state index contributed by atoms with van der Waals surface area (Å²) < 4.78 is 0. The van der Waals surface area contributed by atoms with E-state index in [0.29, 0.717) is 0 Å². The third-order valence-corrected chi connectivity index (χ3v) is 4.50. The van der Waals surface area contributed by atoms with E-state index < -0.39 is 0 Å². The van der Waals surface area contributed by atoms with Gasteiger partial charge in [0.25, 0.3) is 0 Å². The van der Waals surface area contributed by atoms with Gasteiger partial charge in [-0.05, 0) is 45.9 Å². The Morgan fingerprint density at radius 1 is 0.818 bits per heavy atom. The summed E-state index contributed by atoms with van der Waals surface area (Å²) in [4.78, 5) is 0. The Hall–Kier alpha value is -1.46. The summed E-state index contributed by atoms with van der Waals surface area (Å²) in [5, 5.41) is 2.65. The topological polar surface area (TPSA) is 0 Å². The van der Waals surface area contributed by atoms with Gasteiger partial charge >= 0.3 is 0 Å². The van der Waals surface area contributed by atoms with Crippen LogP contribution in [-0.2, 0) is 32.6 Å². The molecule has 0 nitrogen and oxygen atoms in total. The zero-order valence-electron chi connectivity index (χ0n) is 12.8. The molecule has 0 radical (unpaired) electrons. The Morgan fingerprint density at radius 2 is 1.55 bits per heavy atom. The summed E-state index contributed by atoms with van der Waals surface area (Å²) in [6.45, 7) is 2.25. The molecule has 0 atom stereocenters. The van der Waals surface area contributed by atoms with Crippen molar-refractivity contribution >= 4 is 16.8 Å². The molecular formula is C21H18Zr. The Kier molecular flexibility index (Phi) is 4.45. The van der Waals surface area contributed by atoms with Gasteiger partial charge in [0, 0.05) is 26.2 Å². The molecule has 0 spiro atoms. The maximum absolute atomic E-state index is 2.40. The minimum atomic E-state index is 0. The predicted octanol–water partition coefficient (Wildman–Crippen LogP) is 5.85. The van der Waals surface area contributed by atoms with Gasteiger partial charge in [-0.1, -0.05) is 79.2 Å². The monoisotopic (exact) mass is 360 g/mol. The number of rotatable bonds is 2. The molecule has 3 aromatic rings. The summed E-state index contributed by atoms with van der Waals surface area (Å²) >= 11 is 0. The molecule has 0 fully saturated rings. The molecular weight excluding hydrogens is 343 g/mol. The van der Waals surface area contributed by atoms with E-state index in [1.807, 2.05) is 0 Å². The van der Waals surface area contributed by atoms with Crippen LogP contribution in [0, 0.1) is 0 Å². The van der Waals surface area contributed by atoms with Crippen molar-refractivity contribution < 1.29 is 26.2 Å². The SMILES string of the molecule is CCC1=Cc2c(cccc2-c2cccc3ccccc23)C1.[Zr]. The molecule has 1 aliphatic rings. The smallest absolute Gasteiger partial charge is 0 e. The van der Waals surface area contributed by atoms with Gasteiger partial charge < -0.3 is 0 Å². The van der Waals surface area contributed by atoms with E-state index in [9.17, 15) is 0 Å². The largest absolute Gasteiger partial charge is 0.0655 e. The molecule has 0 heterocycles. The number of fused-ring (bicyclic) bond motifs is 2. The van der Waals surface area contributed by atoms with Gasteiger partial charge in [0.15, 0.2) is 0 Å². The van der Waals surface area contributed by atoms with Gasteiger partial charge in [0.1, 0.15) is 0 Å². The minimum absolute atomic E-state index is 0. The summed E-state index contributed by atoms with van der Waals surface area (Å²) in [6, 6.07) is 22.0. The molecule has 0 saturated heterocycles. The molecule has 0 saturated carbocycles. The van der Waals surface area contributed by atoms with Crippen LogP contribution in [-0.4, -0.2) is 0 Å². The molecule has 0 amide bonds. The first-order valence-corrected chi connectivity index (χ1v) is 7.66. The third-order valence-electron chi connectivity index (χ3n) is 4.50. The first-order valence-electron chi connectivity index (χ1n) is 7.66. The van der Waals surface area contributed by atoms with Crippen molar-refractivity contribution in [3.8, 4) is 11.1 Å². The average molecular weight is 362 g/mol. The second-order valence-electron chi connectivity index (χ2n) is 5.74. The van der Waals surface area contributed by atoms with E-state index in [1.165, 1.54) is 38.6 Å². The fourth-order valence-corrected chi connectivity index (χ4v) is 3.36. The van der Waals surface area contributed by atoms with E-state index in [1.54, 1.807) is 0 Å². The maximum Gasteiger partial charge on any atom is 0 e. The number of hydrogen-bond acceptors (Lipinski definition) is 0. The first kappa shape index (κ1) is 15.4. The standard InChI is InChI=1S/C21H18.Zr/c1-2-15-13-17-9-6-12-20(21(17)14-15)19-11-5-8-16-7-3-4-10-18(16)19;/h3-12,14H,2,13H2,1H3;. The van der Waals surface area contributed by atoms with Gasteiger partial charge in [0.05, 0.1) is 0 Å². The van der Waals surface area contributed by atoms with E-state index in [0.717, 1.165) is 12.8 Å². The molecule has 3 aromatic carbocycles. The second-order valence-corrected chi connectivity index (χ2v) is 5.74. The van der Waals surface area contributed by atoms with Crippen molar-refractivity contribution in [1.29, 1.82) is 0 Å². The van der Waals surface area contributed by atoms with Crippen LogP contribution >= 0.6 is 0 Å². The van der Waals surface area contributed by atoms with Crippen LogP contribution in [0.25, 0.3) is 28.0 Å². The van der Waals surface area contributed by atoms with Crippen LogP contribution in [0.15, 0.2) is 66.2 Å². The van der Waals surface area contributed by atoms with E-state index in [4.69, 9.17) is 0 Å². The summed E-state index contributed by atoms with van der Waals surface area (Å²) in [6.07, 6.45) is 4.65. The molecule has 22 heavy (non-hydrogen) atoms. The molecule has 4 rings (SSSR count). The van der Waals surface area contributed by atoms with Crippen molar-refractivity contribution in [3.05, 3.63) is 77.4 Å². The van der Waals surface area contributed by atoms with Crippen molar-refractivity contribution in [1.82, 2.24) is 0 Å². The summed E-state index contributed by atoms with van der Waals surface area (Å²) in [5.74, 6) is 0. The zero-order valence-corrected chi connectivity index (χ0v) is 15.2. The average Bonchev–Trinajstić information content (AvgIpc) is 2.97. The maximum atomic E-state index is 2.40. The molecule has 1 aliphatic carbocycles. The van der Waals surface area contributed by atoms with Crippen LogP contribution in [0.1, 0.15) is 24.5 Å². The Balaban J connectivity index is 0.00000144. The molecule has 1 heteroatoms. The normalized spacial score (nSPS) is 12.7. The van der Waals surface area contributed by atoms with Crippen molar-refractivity contribution in [2.45, 2.75) is 19.8 Å². The van der Waals surface area contributed by atoms with Gasteiger partial charge in [0.2, 0.25) is 0 Å². The van der Waals surface area contributed by atoms with Gasteiger partial charge in [-0.3, -0.25) is 0 Å². The predicted molar refractivity (Wildman–Crippen MR) is 91.4 cm³/mol. The van der Waals surface area contributed by atoms with E-state index in [2.05, 4.69) is 73.7 Å². The summed E-state index contributed by atoms with van der Waals surface area (Å²) in [5.41, 5.74) is 7.15. The van der Waals surface area contributed by atoms with Crippen LogP contribution in [0.2, 0.25) is 0 Å². The molecule has 0 unspecified atom stereocenters. The minimum Gasteiger partial charge on any atom is -0.0655 e. The van der Waals surface area contributed by atoms with Gasteiger partial charge in [-0.25, -0.2) is 0 Å². The quantitative estimate of drug-likeness (QED) is 0.537. The Labute approximate surface area is 151 Å². The van der Waals surface area contributed by atoms with Crippen LogP contribution in [0.3, 0.4) is 0 Å². The van der Waals surface area contributed by atoms with Crippen LogP contribution in [0.5, 0.6) is 0 Å². The second kappa shape index (κ2) is 6.35. The number of allylic oxidation sites excluding steroid dienone is 1. The van der Waals surface area contributed by atoms with Crippen molar-refractivity contribution in [3.63, 3.8) is 0 Å². The molecule has 0 aromatic heterocycles. The molecule has 0 aliphatic heterocycles. The van der Waals surface area contributed by atoms with Gasteiger partial charge in [-0.2, -0.15) is 0 Å². The Bertz CT molecular complexity index is 853. The van der Waals surface area contributed by atoms with Gasteiger partial charge in [-0.15, -0.1) is 0 Å². The molecule has 0 N–H and O–H groups in total. The van der Waals surface area contributed by atoms with Crippen LogP contribution in [0.4, 0.5) is 0 Å². The van der Waals surface area contributed by atoms with E-state index in [-0.39, 0.29) is 26.2 Å². The van der Waals surface area contributed by atoms with Crippen LogP contribution < -0.4 is 0 Å². The van der Waals surface area contributed by atoms with Crippen molar-refractivity contribution in [2.24, 2.45) is 0 Å². The molecule has 106 valence electrons. The van der Waals surface area contributed by atoms with E-state index >= 15 is 0 Å². The fraction of sp³-hybridized carbons (Fsp3) is 0.143. The number of hydrogen-bond donors (Lipinski definition) is 0. The zero-order chi connectivity index (χ0) is 14.2. The third kappa shape index (κ3) is 2.52. The van der Waals surface area contributed by atoms with Crippen molar-refractivity contribution in [2.75, 3.05) is 0 Å². The molecule has 0 bridgehead atoms.